The molecule has 0 aliphatic heterocycles. The molecule has 0 saturated heterocycles. The van der Waals surface area contributed by atoms with Gasteiger partial charge in [-0.25, -0.2) is 15.0 Å². The van der Waals surface area contributed by atoms with Gasteiger partial charge in [0, 0.05) is 17.8 Å². The summed E-state index contributed by atoms with van der Waals surface area (Å²) in [5.41, 5.74) is 19.2. The molecule has 290 valence electrons. The minimum absolute atomic E-state index is 0.866. The van der Waals surface area contributed by atoms with Crippen LogP contribution >= 0.6 is 11.3 Å². The van der Waals surface area contributed by atoms with Gasteiger partial charge in [0.25, 0.3) is 0 Å². The Labute approximate surface area is 354 Å². The van der Waals surface area contributed by atoms with Gasteiger partial charge in [-0.2, -0.15) is 0 Å². The number of fused-ring (bicyclic) bond motifs is 18. The number of thiazole rings is 1. The Morgan fingerprint density at radius 2 is 0.935 bits per heavy atom. The Hall–Kier alpha value is -8.21. The van der Waals surface area contributed by atoms with E-state index in [2.05, 4.69) is 181 Å². The zero-order chi connectivity index (χ0) is 40.4. The van der Waals surface area contributed by atoms with E-state index in [0.717, 1.165) is 127 Å². The molecular formula is C52H30N8OS. The molecule has 9 nitrogen and oxygen atoms in total. The highest BCUT2D eigenvalue weighted by Gasteiger charge is 2.21. The van der Waals surface area contributed by atoms with Crippen LogP contribution in [-0.2, 0) is 7.05 Å². The van der Waals surface area contributed by atoms with Crippen molar-refractivity contribution < 1.29 is 4.42 Å². The van der Waals surface area contributed by atoms with Gasteiger partial charge < -0.3 is 8.98 Å². The lowest BCUT2D eigenvalue weighted by molar-refractivity contribution is 0.669. The molecule has 0 fully saturated rings. The zero-order valence-corrected chi connectivity index (χ0v) is 33.8. The number of imidazole rings is 5. The zero-order valence-electron chi connectivity index (χ0n) is 33.0. The summed E-state index contributed by atoms with van der Waals surface area (Å²) >= 11 is 1.72. The Kier molecular flexibility index (Phi) is 6.07. The van der Waals surface area contributed by atoms with Crippen LogP contribution in [-0.4, -0.2) is 37.3 Å². The quantitative estimate of drug-likeness (QED) is 0.178. The molecule has 10 heteroatoms. The van der Waals surface area contributed by atoms with Gasteiger partial charge in [-0.15, -0.1) is 0 Å². The Bertz CT molecular complexity index is 4430. The number of benzene rings is 8. The second-order valence-electron chi connectivity index (χ2n) is 16.3. The monoisotopic (exact) mass is 814 g/mol. The molecule has 0 amide bonds. The molecule has 0 spiro atoms. The van der Waals surface area contributed by atoms with Gasteiger partial charge in [-0.3, -0.25) is 17.8 Å². The van der Waals surface area contributed by atoms with Gasteiger partial charge in [0.1, 0.15) is 11.2 Å². The van der Waals surface area contributed by atoms with Gasteiger partial charge in [-0.1, -0.05) is 72.0 Å². The normalized spacial score (nSPS) is 12.6. The number of aryl methyl sites for hydroxylation is 1. The summed E-state index contributed by atoms with van der Waals surface area (Å²) in [6.45, 7) is 0. The topological polar surface area (TPSA) is 74.9 Å². The molecule has 0 radical (unpaired) electrons. The number of aromatic nitrogens is 8. The molecule has 0 bridgehead atoms. The third-order valence-corrected chi connectivity index (χ3v) is 13.9. The van der Waals surface area contributed by atoms with Crippen molar-refractivity contribution in [3.05, 3.63) is 164 Å². The molecule has 15 rings (SSSR count). The second-order valence-corrected chi connectivity index (χ2v) is 17.3. The van der Waals surface area contributed by atoms with Gasteiger partial charge in [-0.05, 0) is 125 Å². The lowest BCUT2D eigenvalue weighted by atomic mass is 9.99. The molecule has 0 saturated carbocycles. The standard InChI is InChI=1S/C52H30N8OS/c1-56-42-19-14-31(26-45(42)58-39-11-5-2-8-36(39)53-50(56)58)29-16-22-47-34(24-29)35-25-30(17-23-48(35)61-47)32-15-20-43-46(27-32)59-40-12-6-3-9-37(40)54-51(59)57(43)33-18-21-44-49(28-33)62-52-55-38-10-4-7-13-41(38)60(44)52/h2-28H,1H3. The minimum Gasteiger partial charge on any atom is -0.456 e. The molecule has 0 atom stereocenters. The predicted molar refractivity (Wildman–Crippen MR) is 252 cm³/mol. The minimum atomic E-state index is 0.866. The van der Waals surface area contributed by atoms with E-state index >= 15 is 0 Å². The first-order valence-corrected chi connectivity index (χ1v) is 21.5. The highest BCUT2D eigenvalue weighted by atomic mass is 32.1. The largest absolute Gasteiger partial charge is 0.456 e. The summed E-state index contributed by atoms with van der Waals surface area (Å²) in [7, 11) is 2.09. The van der Waals surface area contributed by atoms with Crippen molar-refractivity contribution in [2.75, 3.05) is 0 Å². The maximum atomic E-state index is 6.45. The number of para-hydroxylation sites is 6. The van der Waals surface area contributed by atoms with Crippen molar-refractivity contribution in [3.63, 3.8) is 0 Å². The van der Waals surface area contributed by atoms with E-state index in [4.69, 9.17) is 19.4 Å². The van der Waals surface area contributed by atoms with Crippen molar-refractivity contribution in [1.29, 1.82) is 0 Å². The number of hydrogen-bond acceptors (Lipinski definition) is 5. The molecule has 7 aromatic heterocycles. The van der Waals surface area contributed by atoms with E-state index in [0.29, 0.717) is 0 Å². The average molecular weight is 815 g/mol. The maximum Gasteiger partial charge on any atom is 0.220 e. The SMILES string of the molecule is Cn1c2ccc(-c3ccc4oc5ccc(-c6ccc7c(c6)n6c8ccccc8nc6n7-c6ccc7c(c6)sc6nc8ccccc8n67)cc5c4c3)cc2n2c3ccccc3nc12. The van der Waals surface area contributed by atoms with Crippen LogP contribution in [0.3, 0.4) is 0 Å². The lowest BCUT2D eigenvalue weighted by Gasteiger charge is -2.07. The van der Waals surface area contributed by atoms with Crippen molar-refractivity contribution in [3.8, 4) is 27.9 Å². The smallest absolute Gasteiger partial charge is 0.220 e. The number of rotatable bonds is 3. The summed E-state index contributed by atoms with van der Waals surface area (Å²) in [6, 6.07) is 58.3. The molecule has 7 heterocycles. The summed E-state index contributed by atoms with van der Waals surface area (Å²) < 4.78 is 18.9. The van der Waals surface area contributed by atoms with Crippen LogP contribution in [0.1, 0.15) is 0 Å². The van der Waals surface area contributed by atoms with Crippen LogP contribution in [0.2, 0.25) is 0 Å². The van der Waals surface area contributed by atoms with E-state index in [1.807, 2.05) is 12.1 Å². The van der Waals surface area contributed by atoms with Crippen LogP contribution in [0, 0.1) is 0 Å². The molecule has 0 unspecified atom stereocenters. The molecule has 8 aromatic carbocycles. The highest BCUT2D eigenvalue weighted by molar-refractivity contribution is 7.23. The van der Waals surface area contributed by atoms with Crippen molar-refractivity contribution in [2.45, 2.75) is 0 Å². The number of nitrogens with zero attached hydrogens (tertiary/aromatic N) is 8. The number of hydrogen-bond donors (Lipinski definition) is 0. The molecule has 0 aliphatic carbocycles. The summed E-state index contributed by atoms with van der Waals surface area (Å²) in [6.07, 6.45) is 0. The van der Waals surface area contributed by atoms with Crippen molar-refractivity contribution >= 4 is 115 Å². The summed E-state index contributed by atoms with van der Waals surface area (Å²) in [5, 5.41) is 2.17. The Balaban J connectivity index is 0.881. The van der Waals surface area contributed by atoms with Crippen LogP contribution in [0.15, 0.2) is 168 Å². The van der Waals surface area contributed by atoms with Gasteiger partial charge in [0.15, 0.2) is 4.96 Å². The molecular weight excluding hydrogens is 785 g/mol. The van der Waals surface area contributed by atoms with Crippen LogP contribution in [0.5, 0.6) is 0 Å². The van der Waals surface area contributed by atoms with Crippen molar-refractivity contribution in [2.24, 2.45) is 7.05 Å². The molecule has 0 aliphatic rings. The van der Waals surface area contributed by atoms with Gasteiger partial charge in [0.05, 0.1) is 71.1 Å². The van der Waals surface area contributed by atoms with E-state index < -0.39 is 0 Å². The fourth-order valence-corrected chi connectivity index (χ4v) is 11.1. The second kappa shape index (κ2) is 11.5. The fourth-order valence-electron chi connectivity index (χ4n) is 10.0. The van der Waals surface area contributed by atoms with Crippen LogP contribution in [0.4, 0.5) is 0 Å². The van der Waals surface area contributed by atoms with Crippen molar-refractivity contribution in [1.82, 2.24) is 37.3 Å². The molecule has 62 heavy (non-hydrogen) atoms. The highest BCUT2D eigenvalue weighted by Crippen LogP contribution is 2.39. The Morgan fingerprint density at radius 3 is 1.61 bits per heavy atom. The first kappa shape index (κ1) is 32.6. The van der Waals surface area contributed by atoms with Gasteiger partial charge in [0.2, 0.25) is 11.6 Å². The van der Waals surface area contributed by atoms with E-state index in [9.17, 15) is 0 Å². The van der Waals surface area contributed by atoms with E-state index in [-0.39, 0.29) is 0 Å². The lowest BCUT2D eigenvalue weighted by Crippen LogP contribution is -1.95. The van der Waals surface area contributed by atoms with Crippen LogP contribution in [0.25, 0.3) is 132 Å². The average Bonchev–Trinajstić information content (AvgIpc) is 4.17. The van der Waals surface area contributed by atoms with E-state index in [1.165, 1.54) is 4.70 Å². The third-order valence-electron chi connectivity index (χ3n) is 12.9. The first-order valence-electron chi connectivity index (χ1n) is 20.7. The van der Waals surface area contributed by atoms with Crippen LogP contribution < -0.4 is 0 Å². The summed E-state index contributed by atoms with van der Waals surface area (Å²) in [5.74, 6) is 1.81. The summed E-state index contributed by atoms with van der Waals surface area (Å²) in [4.78, 5) is 16.1. The first-order chi connectivity index (χ1) is 30.6. The fraction of sp³-hybridized carbons (Fsp3) is 0.0192. The molecule has 15 aromatic rings. The van der Waals surface area contributed by atoms with Gasteiger partial charge >= 0.3 is 0 Å². The maximum absolute atomic E-state index is 6.45. The predicted octanol–water partition coefficient (Wildman–Crippen LogP) is 13.0. The molecule has 0 N–H and O–H groups in total. The van der Waals surface area contributed by atoms with E-state index in [1.54, 1.807) is 11.3 Å². The number of furan rings is 1. The Morgan fingerprint density at radius 1 is 0.419 bits per heavy atom. The third kappa shape index (κ3) is 4.23.